The van der Waals surface area contributed by atoms with Crippen LogP contribution in [0.4, 0.5) is 0 Å². The van der Waals surface area contributed by atoms with Crippen molar-refractivity contribution < 1.29 is 43.5 Å². The van der Waals surface area contributed by atoms with Gasteiger partial charge in [0.1, 0.15) is 35.7 Å². The van der Waals surface area contributed by atoms with Gasteiger partial charge in [-0.2, -0.15) is 15.3 Å². The predicted octanol–water partition coefficient (Wildman–Crippen LogP) is 12.1. The van der Waals surface area contributed by atoms with Gasteiger partial charge in [0.25, 0.3) is 0 Å². The van der Waals surface area contributed by atoms with Crippen molar-refractivity contribution in [2.45, 2.75) is 137 Å². The monoisotopic (exact) mass is 1290 g/mol. The van der Waals surface area contributed by atoms with E-state index in [1.807, 2.05) is 178 Å². The molecule has 8 heterocycles. The number of ketones is 3. The largest absolute Gasteiger partial charge is 0.393 e. The summed E-state index contributed by atoms with van der Waals surface area (Å²) in [7, 11) is 0. The maximum absolute atomic E-state index is 12.6. The zero-order chi connectivity index (χ0) is 65.4. The molecule has 11 rings (SSSR count). The fourth-order valence-corrected chi connectivity index (χ4v) is 10.6. The van der Waals surface area contributed by atoms with E-state index in [9.17, 15) is 19.5 Å². The molecule has 3 unspecified atom stereocenters. The van der Waals surface area contributed by atoms with Crippen molar-refractivity contribution in [1.82, 2.24) is 44.3 Å². The SMILES string of the molecule is CC(=O)Cc1ccc(C2COC(C)(C)O2)nc1.Cc1cc(CCC(=O)Cc2ccc(C(O)CO)nc2)n(-c2cccc(Cl)c2)n1.Cc1cc(CCC(=O)Cc2ccc(C3COC(C)(C)O3)nc2)n(-c2cccc(Cl)c2)n1.Cc1cc(CN)n(-c2cccc(Cl)c2)n1. The van der Waals surface area contributed by atoms with Crippen molar-refractivity contribution in [3.05, 3.63) is 229 Å². The van der Waals surface area contributed by atoms with E-state index in [0.717, 1.165) is 79.3 Å². The number of aromatic nitrogens is 9. The molecule has 478 valence electrons. The van der Waals surface area contributed by atoms with Gasteiger partial charge in [-0.15, -0.1) is 0 Å². The maximum Gasteiger partial charge on any atom is 0.163 e. The average Bonchev–Trinajstić information content (AvgIpc) is 2.80. The molecular formula is C69H77Cl3N10O9. The molecule has 6 aromatic heterocycles. The first-order valence-corrected chi connectivity index (χ1v) is 31.0. The first-order valence-electron chi connectivity index (χ1n) is 29.9. The zero-order valence-corrected chi connectivity index (χ0v) is 54.6. The molecule has 19 nitrogen and oxygen atoms in total. The van der Waals surface area contributed by atoms with Gasteiger partial charge >= 0.3 is 0 Å². The molecule has 0 amide bonds. The minimum absolute atomic E-state index is 0.0914. The Morgan fingerprint density at radius 3 is 1.27 bits per heavy atom. The second kappa shape index (κ2) is 32.1. The van der Waals surface area contributed by atoms with Crippen molar-refractivity contribution in [2.24, 2.45) is 5.73 Å². The summed E-state index contributed by atoms with van der Waals surface area (Å²) >= 11 is 18.1. The third kappa shape index (κ3) is 20.7. The fraction of sp³-hybridized carbons (Fsp3) is 0.348. The number of nitrogens with two attached hydrogens (primary N) is 1. The van der Waals surface area contributed by atoms with Crippen molar-refractivity contribution in [2.75, 3.05) is 19.8 Å². The number of halogens is 3. The average molecular weight is 1300 g/mol. The van der Waals surface area contributed by atoms with Gasteiger partial charge in [0.15, 0.2) is 11.6 Å². The number of Topliss-reactive ketones (excluding diaryl/α,β-unsaturated/α-hetero) is 3. The lowest BCUT2D eigenvalue weighted by Crippen LogP contribution is -2.19. The molecule has 9 aromatic rings. The Labute approximate surface area is 545 Å². The van der Waals surface area contributed by atoms with Gasteiger partial charge < -0.3 is 34.9 Å². The summed E-state index contributed by atoms with van der Waals surface area (Å²) in [6.07, 6.45) is 6.80. The minimum Gasteiger partial charge on any atom is -0.393 e. The van der Waals surface area contributed by atoms with Gasteiger partial charge in [0.05, 0.1) is 76.7 Å². The summed E-state index contributed by atoms with van der Waals surface area (Å²) in [5.41, 5.74) is 18.7. The number of benzene rings is 3. The third-order valence-electron chi connectivity index (χ3n) is 14.4. The highest BCUT2D eigenvalue weighted by Crippen LogP contribution is 2.33. The lowest BCUT2D eigenvalue weighted by molar-refractivity contribution is -0.140. The van der Waals surface area contributed by atoms with Gasteiger partial charge in [-0.05, 0) is 176 Å². The van der Waals surface area contributed by atoms with Gasteiger partial charge in [0, 0.05) is 83.7 Å². The van der Waals surface area contributed by atoms with Gasteiger partial charge in [-0.25, -0.2) is 14.0 Å². The summed E-state index contributed by atoms with van der Waals surface area (Å²) in [5.74, 6) is -0.732. The Morgan fingerprint density at radius 1 is 0.560 bits per heavy atom. The Balaban J connectivity index is 0.000000163. The molecule has 2 aliphatic heterocycles. The van der Waals surface area contributed by atoms with E-state index >= 15 is 0 Å². The van der Waals surface area contributed by atoms with E-state index < -0.39 is 17.7 Å². The standard InChI is InChI=1S/C24H26ClN3O3.C21H22ClN3O3.C13H17NO3.C11H12ClN3/c1-16-11-20(28(27-16)19-6-4-5-18(25)13-19)8-9-21(29)12-17-7-10-22(26-14-17)23-15-30-24(2,3)31-23;1-14-9-18(25(24-14)17-4-2-3-16(22)11-17)6-7-19(27)10-15-5-8-20(23-12-15)21(28)13-26;1-9(15)6-10-4-5-11(14-7-10)12-8-16-13(2,3)17-12;1-8-5-11(7-13)15(14-8)10-4-2-3-9(12)6-10/h4-7,10-11,13-14,23H,8-9,12,15H2,1-3H3;2-5,8-9,11-12,21,26,28H,6-7,10,13H2,1H3;4-5,7,12H,6,8H2,1-3H3;2-6H,7,13H2,1H3. The van der Waals surface area contributed by atoms with E-state index in [4.69, 9.17) is 64.6 Å². The number of ether oxygens (including phenoxy) is 4. The zero-order valence-electron chi connectivity index (χ0n) is 52.4. The van der Waals surface area contributed by atoms with E-state index in [2.05, 4.69) is 30.2 Å². The van der Waals surface area contributed by atoms with Crippen molar-refractivity contribution in [3.8, 4) is 17.1 Å². The minimum atomic E-state index is -1.00. The van der Waals surface area contributed by atoms with Gasteiger partial charge in [0.2, 0.25) is 0 Å². The molecule has 4 N–H and O–H groups in total. The summed E-state index contributed by atoms with van der Waals surface area (Å²) in [4.78, 5) is 48.9. The molecule has 0 bridgehead atoms. The summed E-state index contributed by atoms with van der Waals surface area (Å²) < 4.78 is 28.1. The second-order valence-electron chi connectivity index (χ2n) is 23.1. The van der Waals surface area contributed by atoms with Crippen LogP contribution in [0.2, 0.25) is 15.1 Å². The molecule has 0 aliphatic carbocycles. The quantitative estimate of drug-likeness (QED) is 0.0642. The van der Waals surface area contributed by atoms with E-state index in [1.54, 1.807) is 37.6 Å². The van der Waals surface area contributed by atoms with Crippen molar-refractivity contribution in [3.63, 3.8) is 0 Å². The number of hydrogen-bond donors (Lipinski definition) is 3. The Kier molecular flexibility index (Phi) is 24.4. The highest BCUT2D eigenvalue weighted by molar-refractivity contribution is 6.31. The summed E-state index contributed by atoms with van der Waals surface area (Å²) in [6, 6.07) is 39.5. The number of nitrogens with zero attached hydrogens (tertiary/aromatic N) is 9. The second-order valence-corrected chi connectivity index (χ2v) is 24.4. The third-order valence-corrected chi connectivity index (χ3v) is 15.1. The number of rotatable bonds is 20. The number of carbonyl (C=O) groups is 3. The van der Waals surface area contributed by atoms with E-state index in [-0.39, 0.29) is 42.6 Å². The maximum atomic E-state index is 12.6. The summed E-state index contributed by atoms with van der Waals surface area (Å²) in [5, 5.41) is 33.9. The first-order chi connectivity index (χ1) is 43.4. The Bertz CT molecular complexity index is 3890. The lowest BCUT2D eigenvalue weighted by Gasteiger charge is -2.16. The highest BCUT2D eigenvalue weighted by atomic mass is 35.5. The van der Waals surface area contributed by atoms with E-state index in [0.29, 0.717) is 79.0 Å². The molecule has 0 saturated carbocycles. The number of aryl methyl sites for hydroxylation is 5. The van der Waals surface area contributed by atoms with Crippen LogP contribution < -0.4 is 5.73 Å². The Hall–Kier alpha value is -7.66. The molecule has 2 aliphatic rings. The van der Waals surface area contributed by atoms with Crippen LogP contribution >= 0.6 is 34.8 Å². The van der Waals surface area contributed by atoms with Crippen LogP contribution in [0.1, 0.15) is 134 Å². The molecule has 2 fully saturated rings. The molecule has 3 atom stereocenters. The van der Waals surface area contributed by atoms with Crippen LogP contribution in [-0.2, 0) is 72.0 Å². The number of hydrogen-bond acceptors (Lipinski definition) is 16. The van der Waals surface area contributed by atoms with Crippen molar-refractivity contribution in [1.29, 1.82) is 0 Å². The van der Waals surface area contributed by atoms with Crippen LogP contribution in [0.3, 0.4) is 0 Å². The molecule has 3 aromatic carbocycles. The summed E-state index contributed by atoms with van der Waals surface area (Å²) in [6.45, 7) is 16.0. The predicted molar refractivity (Wildman–Crippen MR) is 349 cm³/mol. The Morgan fingerprint density at radius 2 is 0.945 bits per heavy atom. The van der Waals surface area contributed by atoms with Crippen LogP contribution in [0.15, 0.2) is 146 Å². The number of aliphatic hydroxyl groups is 2. The number of pyridine rings is 3. The topological polar surface area (TPSA) is 247 Å². The lowest BCUT2D eigenvalue weighted by atomic mass is 10.1. The molecule has 2 saturated heterocycles. The van der Waals surface area contributed by atoms with Gasteiger partial charge in [-0.1, -0.05) is 71.2 Å². The molecule has 0 spiro atoms. The smallest absolute Gasteiger partial charge is 0.163 e. The van der Waals surface area contributed by atoms with Gasteiger partial charge in [-0.3, -0.25) is 29.3 Å². The van der Waals surface area contributed by atoms with Crippen LogP contribution in [0.25, 0.3) is 17.1 Å². The fourth-order valence-electron chi connectivity index (χ4n) is 10.1. The van der Waals surface area contributed by atoms with Crippen LogP contribution in [0, 0.1) is 20.8 Å². The number of carbonyl (C=O) groups excluding carboxylic acids is 3. The normalized spacial score (nSPS) is 15.8. The molecule has 91 heavy (non-hydrogen) atoms. The molecule has 0 radical (unpaired) electrons. The molecular weight excluding hydrogens is 1220 g/mol. The number of aliphatic hydroxyl groups excluding tert-OH is 2. The van der Waals surface area contributed by atoms with E-state index in [1.165, 1.54) is 0 Å². The van der Waals surface area contributed by atoms with Crippen LogP contribution in [-0.4, -0.2) is 103 Å². The van der Waals surface area contributed by atoms with Crippen molar-refractivity contribution >= 4 is 52.2 Å². The molecule has 22 heteroatoms. The van der Waals surface area contributed by atoms with Crippen LogP contribution in [0.5, 0.6) is 0 Å². The first kappa shape index (κ1) is 69.2. The highest BCUT2D eigenvalue weighted by Gasteiger charge is 2.35.